The number of halogens is 2. The first kappa shape index (κ1) is 16.9. The van der Waals surface area contributed by atoms with Gasteiger partial charge in [0, 0.05) is 23.9 Å². The van der Waals surface area contributed by atoms with Crippen molar-refractivity contribution in [2.24, 2.45) is 11.7 Å². The van der Waals surface area contributed by atoms with Gasteiger partial charge in [0.05, 0.1) is 0 Å². The van der Waals surface area contributed by atoms with Gasteiger partial charge in [-0.15, -0.1) is 12.4 Å². The Morgan fingerprint density at radius 1 is 1.45 bits per heavy atom. The van der Waals surface area contributed by atoms with E-state index < -0.39 is 0 Å². The number of carbonyl (C=O) groups is 1. The number of rotatable bonds is 5. The number of nitrogens with one attached hydrogen (secondary N) is 1. The predicted molar refractivity (Wildman–Crippen MR) is 80.4 cm³/mol. The molecule has 1 aromatic carbocycles. The summed E-state index contributed by atoms with van der Waals surface area (Å²) in [7, 11) is 0. The van der Waals surface area contributed by atoms with E-state index in [1.165, 1.54) is 6.07 Å². The second kappa shape index (κ2) is 6.55. The summed E-state index contributed by atoms with van der Waals surface area (Å²) in [6.07, 6.45) is 1.98. The third-order valence-electron chi connectivity index (χ3n) is 4.09. The molecule has 1 aromatic rings. The van der Waals surface area contributed by atoms with E-state index in [1.54, 1.807) is 12.1 Å². The monoisotopic (exact) mass is 300 g/mol. The zero-order valence-corrected chi connectivity index (χ0v) is 12.7. The lowest BCUT2D eigenvalue weighted by Gasteiger charge is -2.20. The smallest absolute Gasteiger partial charge is 0.224 e. The van der Waals surface area contributed by atoms with Crippen LogP contribution in [0.2, 0.25) is 0 Å². The van der Waals surface area contributed by atoms with Gasteiger partial charge < -0.3 is 11.1 Å². The van der Waals surface area contributed by atoms with Gasteiger partial charge in [0.2, 0.25) is 5.91 Å². The number of amides is 1. The Bertz CT molecular complexity index is 475. The highest BCUT2D eigenvalue weighted by atomic mass is 35.5. The summed E-state index contributed by atoms with van der Waals surface area (Å²) >= 11 is 0. The van der Waals surface area contributed by atoms with Gasteiger partial charge in [-0.2, -0.15) is 0 Å². The van der Waals surface area contributed by atoms with Crippen LogP contribution in [0, 0.1) is 11.7 Å². The molecule has 2 atom stereocenters. The quantitative estimate of drug-likeness (QED) is 0.877. The second-order valence-corrected chi connectivity index (χ2v) is 5.66. The van der Waals surface area contributed by atoms with Crippen LogP contribution in [0.1, 0.15) is 32.3 Å². The van der Waals surface area contributed by atoms with E-state index in [1.807, 2.05) is 19.9 Å². The molecule has 0 aliphatic heterocycles. The Morgan fingerprint density at radius 2 is 2.10 bits per heavy atom. The first-order valence-electron chi connectivity index (χ1n) is 6.74. The average molecular weight is 301 g/mol. The van der Waals surface area contributed by atoms with Crippen LogP contribution in [-0.4, -0.2) is 18.5 Å². The van der Waals surface area contributed by atoms with Crippen molar-refractivity contribution in [2.75, 3.05) is 6.54 Å². The van der Waals surface area contributed by atoms with Crippen LogP contribution in [0.25, 0.3) is 0 Å². The number of hydrogen-bond donors (Lipinski definition) is 2. The topological polar surface area (TPSA) is 55.1 Å². The molecule has 1 amide bonds. The molecule has 0 heterocycles. The summed E-state index contributed by atoms with van der Waals surface area (Å²) in [4.78, 5) is 11.9. The van der Waals surface area contributed by atoms with E-state index in [2.05, 4.69) is 5.32 Å². The van der Waals surface area contributed by atoms with E-state index in [0.717, 1.165) is 18.4 Å². The van der Waals surface area contributed by atoms with Gasteiger partial charge in [0.25, 0.3) is 0 Å². The molecular formula is C15H22ClFN2O. The number of carbonyl (C=O) groups excluding carboxylic acids is 1. The van der Waals surface area contributed by atoms with Crippen LogP contribution >= 0.6 is 12.4 Å². The fourth-order valence-corrected chi connectivity index (χ4v) is 2.19. The molecule has 112 valence electrons. The van der Waals surface area contributed by atoms with Crippen molar-refractivity contribution in [1.82, 2.24) is 5.32 Å². The van der Waals surface area contributed by atoms with Gasteiger partial charge in [-0.25, -0.2) is 4.39 Å². The predicted octanol–water partition coefficient (Wildman–Crippen LogP) is 2.38. The number of hydrogen-bond acceptors (Lipinski definition) is 2. The molecule has 2 rings (SSSR count). The Morgan fingerprint density at radius 3 is 2.60 bits per heavy atom. The Labute approximate surface area is 125 Å². The summed E-state index contributed by atoms with van der Waals surface area (Å²) in [5.74, 6) is -0.458. The average Bonchev–Trinajstić information content (AvgIpc) is 3.16. The molecule has 5 heteroatoms. The fourth-order valence-electron chi connectivity index (χ4n) is 2.19. The van der Waals surface area contributed by atoms with Gasteiger partial charge in [-0.3, -0.25) is 4.79 Å². The first-order chi connectivity index (χ1) is 8.94. The highest BCUT2D eigenvalue weighted by molar-refractivity contribution is 5.85. The summed E-state index contributed by atoms with van der Waals surface area (Å²) < 4.78 is 13.3. The van der Waals surface area contributed by atoms with E-state index in [0.29, 0.717) is 6.54 Å². The van der Waals surface area contributed by atoms with Crippen molar-refractivity contribution in [1.29, 1.82) is 0 Å². The van der Waals surface area contributed by atoms with Crippen molar-refractivity contribution in [3.63, 3.8) is 0 Å². The van der Waals surface area contributed by atoms with Gasteiger partial charge in [-0.1, -0.05) is 19.1 Å². The standard InChI is InChI=1S/C15H21FN2O.ClH/c1-10(11(2)17)14(19)18-9-15(6-7-15)12-4-3-5-13(16)8-12;/h3-5,8,10-11H,6-7,9,17H2,1-2H3,(H,18,19);1H. The Hall–Kier alpha value is -1.13. The van der Waals surface area contributed by atoms with Crippen molar-refractivity contribution in [3.8, 4) is 0 Å². The van der Waals surface area contributed by atoms with Crippen LogP contribution in [0.5, 0.6) is 0 Å². The summed E-state index contributed by atoms with van der Waals surface area (Å²) in [5.41, 5.74) is 6.61. The highest BCUT2D eigenvalue weighted by Gasteiger charge is 2.44. The zero-order valence-electron chi connectivity index (χ0n) is 11.9. The fraction of sp³-hybridized carbons (Fsp3) is 0.533. The highest BCUT2D eigenvalue weighted by Crippen LogP contribution is 2.47. The van der Waals surface area contributed by atoms with Crippen LogP contribution < -0.4 is 11.1 Å². The lowest BCUT2D eigenvalue weighted by molar-refractivity contribution is -0.125. The molecule has 0 bridgehead atoms. The SMILES string of the molecule is CC(N)C(C)C(=O)NCC1(c2cccc(F)c2)CC1.Cl. The molecule has 0 aromatic heterocycles. The molecule has 1 aliphatic carbocycles. The van der Waals surface area contributed by atoms with Crippen molar-refractivity contribution in [2.45, 2.75) is 38.1 Å². The van der Waals surface area contributed by atoms with E-state index in [-0.39, 0.29) is 41.5 Å². The molecule has 0 radical (unpaired) electrons. The molecule has 3 N–H and O–H groups in total. The lowest BCUT2D eigenvalue weighted by Crippen LogP contribution is -2.41. The van der Waals surface area contributed by atoms with Gasteiger partial charge in [-0.05, 0) is 37.5 Å². The van der Waals surface area contributed by atoms with Crippen LogP contribution in [0.15, 0.2) is 24.3 Å². The van der Waals surface area contributed by atoms with Crippen molar-refractivity contribution >= 4 is 18.3 Å². The third kappa shape index (κ3) is 3.70. The maximum absolute atomic E-state index is 13.3. The largest absolute Gasteiger partial charge is 0.355 e. The lowest BCUT2D eigenvalue weighted by atomic mass is 9.95. The van der Waals surface area contributed by atoms with E-state index in [4.69, 9.17) is 5.73 Å². The van der Waals surface area contributed by atoms with Crippen LogP contribution in [-0.2, 0) is 10.2 Å². The minimum Gasteiger partial charge on any atom is -0.355 e. The molecule has 3 nitrogen and oxygen atoms in total. The van der Waals surface area contributed by atoms with Gasteiger partial charge in [0.15, 0.2) is 0 Å². The van der Waals surface area contributed by atoms with Crippen LogP contribution in [0.4, 0.5) is 4.39 Å². The maximum atomic E-state index is 13.3. The first-order valence-corrected chi connectivity index (χ1v) is 6.74. The molecule has 20 heavy (non-hydrogen) atoms. The second-order valence-electron chi connectivity index (χ2n) is 5.66. The van der Waals surface area contributed by atoms with Crippen molar-refractivity contribution in [3.05, 3.63) is 35.6 Å². The van der Waals surface area contributed by atoms with Crippen LogP contribution in [0.3, 0.4) is 0 Å². The molecule has 2 unspecified atom stereocenters. The van der Waals surface area contributed by atoms with Gasteiger partial charge >= 0.3 is 0 Å². The molecule has 0 saturated heterocycles. The Balaban J connectivity index is 0.00000200. The minimum absolute atomic E-state index is 0. The summed E-state index contributed by atoms with van der Waals surface area (Å²) in [6, 6.07) is 6.49. The Kier molecular flexibility index (Phi) is 5.54. The normalized spacial score (nSPS) is 18.6. The molecule has 0 spiro atoms. The summed E-state index contributed by atoms with van der Waals surface area (Å²) in [5, 5.41) is 2.94. The number of benzene rings is 1. The maximum Gasteiger partial charge on any atom is 0.224 e. The van der Waals surface area contributed by atoms with E-state index >= 15 is 0 Å². The molecule has 1 fully saturated rings. The molecular weight excluding hydrogens is 279 g/mol. The van der Waals surface area contributed by atoms with Crippen molar-refractivity contribution < 1.29 is 9.18 Å². The third-order valence-corrected chi connectivity index (χ3v) is 4.09. The minimum atomic E-state index is -0.223. The van der Waals surface area contributed by atoms with E-state index in [9.17, 15) is 9.18 Å². The molecule has 1 aliphatic rings. The zero-order chi connectivity index (χ0) is 14.0. The van der Waals surface area contributed by atoms with Gasteiger partial charge in [0.1, 0.15) is 5.82 Å². The summed E-state index contributed by atoms with van der Waals surface area (Å²) in [6.45, 7) is 4.21. The molecule has 1 saturated carbocycles. The number of nitrogens with two attached hydrogens (primary N) is 1.